The Kier molecular flexibility index (Phi) is 3.96. The first-order valence-corrected chi connectivity index (χ1v) is 8.53. The summed E-state index contributed by atoms with van der Waals surface area (Å²) >= 11 is 0. The van der Waals surface area contributed by atoms with E-state index in [1.165, 1.54) is 16.7 Å². The first kappa shape index (κ1) is 14.9. The fourth-order valence-electron chi connectivity index (χ4n) is 4.67. The Morgan fingerprint density at radius 1 is 0.826 bits per heavy atom. The molecule has 0 bridgehead atoms. The van der Waals surface area contributed by atoms with E-state index in [4.69, 9.17) is 9.47 Å². The van der Waals surface area contributed by atoms with Crippen molar-refractivity contribution in [1.29, 1.82) is 0 Å². The first-order valence-electron chi connectivity index (χ1n) is 8.53. The molecule has 2 aromatic rings. The molecule has 0 heterocycles. The van der Waals surface area contributed by atoms with Gasteiger partial charge in [-0.25, -0.2) is 0 Å². The summed E-state index contributed by atoms with van der Waals surface area (Å²) in [5, 5.41) is 0. The fraction of sp³-hybridized carbons (Fsp3) is 0.429. The van der Waals surface area contributed by atoms with Gasteiger partial charge in [0.1, 0.15) is 0 Å². The van der Waals surface area contributed by atoms with Crippen LogP contribution in [0.2, 0.25) is 0 Å². The summed E-state index contributed by atoms with van der Waals surface area (Å²) < 4.78 is 11.7. The molecule has 2 heteroatoms. The quantitative estimate of drug-likeness (QED) is 0.850. The summed E-state index contributed by atoms with van der Waals surface area (Å²) in [6.07, 6.45) is 3.55. The molecule has 2 nitrogen and oxygen atoms in total. The number of rotatable bonds is 3. The van der Waals surface area contributed by atoms with Gasteiger partial charge in [-0.2, -0.15) is 0 Å². The van der Waals surface area contributed by atoms with Crippen LogP contribution in [0.25, 0.3) is 0 Å². The van der Waals surface area contributed by atoms with Crippen LogP contribution in [0, 0.1) is 0 Å². The van der Waals surface area contributed by atoms with E-state index in [9.17, 15) is 0 Å². The number of methoxy groups -OCH3 is 2. The second kappa shape index (κ2) is 6.10. The second-order valence-corrected chi connectivity index (χ2v) is 6.82. The highest BCUT2D eigenvalue weighted by Gasteiger charge is 2.42. The minimum absolute atomic E-state index is 0.153. The smallest absolute Gasteiger partial charge is 0.0904 e. The summed E-state index contributed by atoms with van der Waals surface area (Å²) in [6.45, 7) is 0. The lowest BCUT2D eigenvalue weighted by molar-refractivity contribution is -0.0583. The van der Waals surface area contributed by atoms with Crippen molar-refractivity contribution in [2.24, 2.45) is 0 Å². The molecule has 4 rings (SSSR count). The molecular weight excluding hydrogens is 284 g/mol. The van der Waals surface area contributed by atoms with Crippen LogP contribution in [0.1, 0.15) is 40.5 Å². The molecular formula is C21H24O2. The lowest BCUT2D eigenvalue weighted by Crippen LogP contribution is -2.43. The monoisotopic (exact) mass is 308 g/mol. The molecule has 0 N–H and O–H groups in total. The molecule has 120 valence electrons. The third kappa shape index (κ3) is 2.50. The van der Waals surface area contributed by atoms with E-state index in [2.05, 4.69) is 48.5 Å². The third-order valence-electron chi connectivity index (χ3n) is 5.69. The zero-order valence-corrected chi connectivity index (χ0v) is 13.9. The van der Waals surface area contributed by atoms with Crippen LogP contribution in [0.15, 0.2) is 48.5 Å². The Balaban J connectivity index is 1.77. The Morgan fingerprint density at radius 3 is 2.26 bits per heavy atom. The van der Waals surface area contributed by atoms with Gasteiger partial charge in [-0.3, -0.25) is 0 Å². The number of ether oxygens (including phenoxy) is 2. The van der Waals surface area contributed by atoms with Gasteiger partial charge in [0.2, 0.25) is 0 Å². The predicted molar refractivity (Wildman–Crippen MR) is 92.0 cm³/mol. The van der Waals surface area contributed by atoms with Crippen LogP contribution in [-0.2, 0) is 22.3 Å². The Bertz CT molecular complexity index is 679. The van der Waals surface area contributed by atoms with Crippen molar-refractivity contribution < 1.29 is 9.47 Å². The van der Waals surface area contributed by atoms with E-state index in [0.29, 0.717) is 11.8 Å². The number of hydrogen-bond acceptors (Lipinski definition) is 2. The molecule has 2 aliphatic carbocycles. The summed E-state index contributed by atoms with van der Waals surface area (Å²) in [4.78, 5) is 0. The maximum absolute atomic E-state index is 5.90. The van der Waals surface area contributed by atoms with Gasteiger partial charge in [-0.15, -0.1) is 0 Å². The zero-order valence-electron chi connectivity index (χ0n) is 13.9. The van der Waals surface area contributed by atoms with Crippen LogP contribution >= 0.6 is 0 Å². The average molecular weight is 308 g/mol. The summed E-state index contributed by atoms with van der Waals surface area (Å²) in [5.74, 6) is 1.00. The number of benzene rings is 2. The standard InChI is InChI=1S/C21H24O2/c1-22-19-13-16-10-6-9-15-11-17(14-7-4-3-5-8-14)12-18(20(15)16)21(19)23-2/h3-10,17-19,21H,11-13H2,1-2H3. The molecule has 0 aliphatic heterocycles. The lowest BCUT2D eigenvalue weighted by atomic mass is 9.66. The highest BCUT2D eigenvalue weighted by Crippen LogP contribution is 2.47. The van der Waals surface area contributed by atoms with Crippen LogP contribution < -0.4 is 0 Å². The lowest BCUT2D eigenvalue weighted by Gasteiger charge is -2.43. The molecule has 0 fully saturated rings. The van der Waals surface area contributed by atoms with Crippen molar-refractivity contribution in [3.63, 3.8) is 0 Å². The summed E-state index contributed by atoms with van der Waals surface area (Å²) in [7, 11) is 3.64. The van der Waals surface area contributed by atoms with Crippen molar-refractivity contribution in [2.45, 2.75) is 43.3 Å². The Labute approximate surface area is 138 Å². The van der Waals surface area contributed by atoms with Crippen molar-refractivity contribution in [3.05, 3.63) is 70.8 Å². The van der Waals surface area contributed by atoms with Gasteiger partial charge < -0.3 is 9.47 Å². The van der Waals surface area contributed by atoms with Gasteiger partial charge in [-0.1, -0.05) is 48.5 Å². The maximum Gasteiger partial charge on any atom is 0.0904 e. The SMILES string of the molecule is COC1Cc2cccc3c2C(CC(c2ccccc2)C3)C1OC. The van der Waals surface area contributed by atoms with E-state index >= 15 is 0 Å². The van der Waals surface area contributed by atoms with Crippen molar-refractivity contribution in [2.75, 3.05) is 14.2 Å². The highest BCUT2D eigenvalue weighted by molar-refractivity contribution is 5.45. The van der Waals surface area contributed by atoms with E-state index in [1.54, 1.807) is 5.56 Å². The topological polar surface area (TPSA) is 18.5 Å². The molecule has 0 saturated carbocycles. The number of hydrogen-bond donors (Lipinski definition) is 0. The van der Waals surface area contributed by atoms with Crippen LogP contribution in [0.5, 0.6) is 0 Å². The molecule has 0 aromatic heterocycles. The normalized spacial score (nSPS) is 29.1. The predicted octanol–water partition coefficient (Wildman–Crippen LogP) is 4.09. The summed E-state index contributed by atoms with van der Waals surface area (Å²) in [5.41, 5.74) is 5.95. The molecule has 0 saturated heterocycles. The first-order chi connectivity index (χ1) is 11.3. The van der Waals surface area contributed by atoms with Gasteiger partial charge in [0.05, 0.1) is 12.2 Å². The maximum atomic E-state index is 5.90. The molecule has 4 atom stereocenters. The molecule has 0 amide bonds. The zero-order chi connectivity index (χ0) is 15.8. The van der Waals surface area contributed by atoms with E-state index in [1.807, 2.05) is 14.2 Å². The molecule has 2 aliphatic rings. The van der Waals surface area contributed by atoms with E-state index < -0.39 is 0 Å². The van der Waals surface area contributed by atoms with Gasteiger partial charge in [0, 0.05) is 26.6 Å². The Hall–Kier alpha value is -1.64. The fourth-order valence-corrected chi connectivity index (χ4v) is 4.67. The van der Waals surface area contributed by atoms with Gasteiger partial charge in [-0.05, 0) is 41.0 Å². The molecule has 23 heavy (non-hydrogen) atoms. The molecule has 0 radical (unpaired) electrons. The largest absolute Gasteiger partial charge is 0.378 e. The van der Waals surface area contributed by atoms with Crippen molar-refractivity contribution in [1.82, 2.24) is 0 Å². The Morgan fingerprint density at radius 2 is 1.57 bits per heavy atom. The van der Waals surface area contributed by atoms with Gasteiger partial charge in [0.25, 0.3) is 0 Å². The van der Waals surface area contributed by atoms with Crippen LogP contribution in [-0.4, -0.2) is 26.4 Å². The van der Waals surface area contributed by atoms with Gasteiger partial charge in [0.15, 0.2) is 0 Å². The minimum atomic E-state index is 0.153. The molecule has 0 spiro atoms. The molecule has 4 unspecified atom stereocenters. The van der Waals surface area contributed by atoms with Crippen LogP contribution in [0.3, 0.4) is 0 Å². The average Bonchev–Trinajstić information content (AvgIpc) is 2.62. The van der Waals surface area contributed by atoms with Crippen molar-refractivity contribution >= 4 is 0 Å². The van der Waals surface area contributed by atoms with Crippen LogP contribution in [0.4, 0.5) is 0 Å². The van der Waals surface area contributed by atoms with E-state index in [-0.39, 0.29) is 12.2 Å². The molecule has 2 aromatic carbocycles. The minimum Gasteiger partial charge on any atom is -0.378 e. The second-order valence-electron chi connectivity index (χ2n) is 6.82. The summed E-state index contributed by atoms with van der Waals surface area (Å²) in [6, 6.07) is 17.7. The van der Waals surface area contributed by atoms with Gasteiger partial charge >= 0.3 is 0 Å². The third-order valence-corrected chi connectivity index (χ3v) is 5.69. The van der Waals surface area contributed by atoms with Crippen molar-refractivity contribution in [3.8, 4) is 0 Å². The van der Waals surface area contributed by atoms with E-state index in [0.717, 1.165) is 19.3 Å². The highest BCUT2D eigenvalue weighted by atomic mass is 16.5.